The van der Waals surface area contributed by atoms with E-state index < -0.39 is 17.0 Å². The van der Waals surface area contributed by atoms with Gasteiger partial charge in [-0.05, 0) is 53.6 Å². The average molecular weight is 440 g/mol. The normalized spacial score (nSPS) is 35.7. The molecule has 0 bridgehead atoms. The molecule has 0 amide bonds. The van der Waals surface area contributed by atoms with Gasteiger partial charge in [-0.2, -0.15) is 0 Å². The van der Waals surface area contributed by atoms with E-state index >= 15 is 0 Å². The van der Waals surface area contributed by atoms with Crippen molar-refractivity contribution in [1.82, 2.24) is 14.7 Å². The number of nitrogens with zero attached hydrogens (tertiary/aromatic N) is 3. The molecule has 0 N–H and O–H groups in total. The highest BCUT2D eigenvalue weighted by molar-refractivity contribution is 6.03. The van der Waals surface area contributed by atoms with Crippen LogP contribution in [0, 0.1) is 17.3 Å². The number of rotatable bonds is 3. The number of cyclic esters (lactones) is 1. The third-order valence-electron chi connectivity index (χ3n) is 7.28. The number of carbonyl (C=O) groups excluding carboxylic acids is 2. The van der Waals surface area contributed by atoms with Crippen molar-refractivity contribution in [1.29, 1.82) is 0 Å². The molecule has 2 rings (SSSR count). The molecule has 7 nitrogen and oxygen atoms in total. The van der Waals surface area contributed by atoms with Gasteiger partial charge >= 0.3 is 5.97 Å². The number of methoxy groups -OCH3 is 1. The fourth-order valence-corrected chi connectivity index (χ4v) is 5.15. The van der Waals surface area contributed by atoms with Crippen LogP contribution >= 0.6 is 0 Å². The maximum Gasteiger partial charge on any atom is 0.319 e. The molecule has 180 valence electrons. The van der Waals surface area contributed by atoms with Crippen molar-refractivity contribution >= 4 is 11.8 Å². The van der Waals surface area contributed by atoms with Gasteiger partial charge in [-0.15, -0.1) is 0 Å². The first kappa shape index (κ1) is 26.2. The van der Waals surface area contributed by atoms with Crippen LogP contribution in [0.4, 0.5) is 0 Å². The third kappa shape index (κ3) is 6.98. The number of esters is 1. The fourth-order valence-electron chi connectivity index (χ4n) is 5.15. The number of Topliss-reactive ketones (excluding diaryl/α,β-unsaturated/α-hetero) is 1. The van der Waals surface area contributed by atoms with E-state index in [1.165, 1.54) is 0 Å². The minimum absolute atomic E-state index is 0.0725. The summed E-state index contributed by atoms with van der Waals surface area (Å²) in [7, 11) is 5.99. The van der Waals surface area contributed by atoms with E-state index in [-0.39, 0.29) is 17.7 Å². The molecule has 4 unspecified atom stereocenters. The van der Waals surface area contributed by atoms with Gasteiger partial charge in [0.1, 0.15) is 12.0 Å². The fraction of sp³-hybridized carbons (Fsp3) is 0.917. The Labute approximate surface area is 189 Å². The standard InChI is InChI=1S/C24H45N3O4/c1-18-13-24(5,30-8)14-19(2)21(28)23(3,4)22(29)31-17-20(26(7)15-18)16-27-11-9-25(6)10-12-27/h18-20H,9-17H2,1-8H3. The lowest BCUT2D eigenvalue weighted by molar-refractivity contribution is -0.161. The second kappa shape index (κ2) is 10.7. The van der Waals surface area contributed by atoms with Crippen LogP contribution in [0.15, 0.2) is 0 Å². The van der Waals surface area contributed by atoms with Crippen molar-refractivity contribution in [2.75, 3.05) is 67.1 Å². The number of ether oxygens (including phenoxy) is 2. The van der Waals surface area contributed by atoms with Gasteiger partial charge in [-0.25, -0.2) is 0 Å². The summed E-state index contributed by atoms with van der Waals surface area (Å²) in [6.45, 7) is 15.8. The first-order chi connectivity index (χ1) is 14.4. The molecular formula is C24H45N3O4. The molecule has 0 aromatic carbocycles. The van der Waals surface area contributed by atoms with Crippen LogP contribution in [0.5, 0.6) is 0 Å². The van der Waals surface area contributed by atoms with Crippen molar-refractivity contribution in [3.8, 4) is 0 Å². The Balaban J connectivity index is 2.24. The lowest BCUT2D eigenvalue weighted by Gasteiger charge is -2.38. The first-order valence-corrected chi connectivity index (χ1v) is 11.8. The van der Waals surface area contributed by atoms with Crippen LogP contribution in [0.2, 0.25) is 0 Å². The summed E-state index contributed by atoms with van der Waals surface area (Å²) in [5, 5.41) is 0. The quantitative estimate of drug-likeness (QED) is 0.493. The van der Waals surface area contributed by atoms with Crippen molar-refractivity contribution < 1.29 is 19.1 Å². The Kier molecular flexibility index (Phi) is 9.08. The van der Waals surface area contributed by atoms with Crippen LogP contribution < -0.4 is 0 Å². The van der Waals surface area contributed by atoms with E-state index in [1.807, 2.05) is 6.92 Å². The maximum absolute atomic E-state index is 13.2. The SMILES string of the molecule is COC1(C)CC(C)CN(C)C(CN2CCN(C)CC2)COC(=O)C(C)(C)C(=O)C(C)C1. The van der Waals surface area contributed by atoms with Gasteiger partial charge in [0.15, 0.2) is 5.78 Å². The molecule has 31 heavy (non-hydrogen) atoms. The minimum Gasteiger partial charge on any atom is -0.463 e. The summed E-state index contributed by atoms with van der Waals surface area (Å²) in [5.74, 6) is -0.389. The van der Waals surface area contributed by atoms with Gasteiger partial charge in [0.25, 0.3) is 0 Å². The lowest BCUT2D eigenvalue weighted by Crippen LogP contribution is -2.52. The van der Waals surface area contributed by atoms with Crippen LogP contribution in [0.1, 0.15) is 47.5 Å². The highest BCUT2D eigenvalue weighted by atomic mass is 16.5. The van der Waals surface area contributed by atoms with Gasteiger partial charge in [0.05, 0.1) is 11.6 Å². The molecule has 2 heterocycles. The summed E-state index contributed by atoms with van der Waals surface area (Å²) in [6, 6.07) is 0.0904. The summed E-state index contributed by atoms with van der Waals surface area (Å²) < 4.78 is 11.7. The summed E-state index contributed by atoms with van der Waals surface area (Å²) in [4.78, 5) is 33.3. The van der Waals surface area contributed by atoms with E-state index in [4.69, 9.17) is 9.47 Å². The van der Waals surface area contributed by atoms with Crippen LogP contribution in [0.25, 0.3) is 0 Å². The van der Waals surface area contributed by atoms with Gasteiger partial charge in [-0.1, -0.05) is 13.8 Å². The zero-order valence-electron chi connectivity index (χ0n) is 21.1. The molecule has 0 aromatic rings. The summed E-state index contributed by atoms with van der Waals surface area (Å²) >= 11 is 0. The smallest absolute Gasteiger partial charge is 0.319 e. The second-order valence-corrected chi connectivity index (χ2v) is 10.9. The maximum atomic E-state index is 13.2. The van der Waals surface area contributed by atoms with E-state index in [9.17, 15) is 9.59 Å². The summed E-state index contributed by atoms with van der Waals surface area (Å²) in [5.41, 5.74) is -1.57. The van der Waals surface area contributed by atoms with E-state index in [0.29, 0.717) is 18.9 Å². The number of likely N-dealkylation sites (N-methyl/N-ethyl adjacent to an activating group) is 2. The molecule has 0 radical (unpaired) electrons. The highest BCUT2D eigenvalue weighted by Gasteiger charge is 2.43. The Morgan fingerprint density at radius 3 is 2.23 bits per heavy atom. The Morgan fingerprint density at radius 2 is 1.65 bits per heavy atom. The highest BCUT2D eigenvalue weighted by Crippen LogP contribution is 2.33. The molecule has 4 atom stereocenters. The van der Waals surface area contributed by atoms with Gasteiger partial charge < -0.3 is 14.4 Å². The summed E-state index contributed by atoms with van der Waals surface area (Å²) in [6.07, 6.45) is 1.46. The molecule has 2 aliphatic heterocycles. The number of piperazine rings is 1. The zero-order valence-corrected chi connectivity index (χ0v) is 21.1. The molecule has 7 heteroatoms. The molecule has 2 fully saturated rings. The monoisotopic (exact) mass is 439 g/mol. The number of carbonyl (C=O) groups is 2. The predicted octanol–water partition coefficient (Wildman–Crippen LogP) is 2.14. The Hall–Kier alpha value is -1.02. The zero-order chi connectivity index (χ0) is 23.4. The van der Waals surface area contributed by atoms with Crippen molar-refractivity contribution in [3.05, 3.63) is 0 Å². The minimum atomic E-state index is -1.16. The van der Waals surface area contributed by atoms with Crippen LogP contribution in [-0.4, -0.2) is 105 Å². The molecular weight excluding hydrogens is 394 g/mol. The molecule has 0 saturated carbocycles. The van der Waals surface area contributed by atoms with Gasteiger partial charge in [0, 0.05) is 52.3 Å². The van der Waals surface area contributed by atoms with Gasteiger partial charge in [-0.3, -0.25) is 19.4 Å². The Bertz CT molecular complexity index is 618. The third-order valence-corrected chi connectivity index (χ3v) is 7.28. The van der Waals surface area contributed by atoms with Crippen molar-refractivity contribution in [2.24, 2.45) is 17.3 Å². The van der Waals surface area contributed by atoms with Crippen molar-refractivity contribution in [3.63, 3.8) is 0 Å². The predicted molar refractivity (Wildman–Crippen MR) is 123 cm³/mol. The topological polar surface area (TPSA) is 62.3 Å². The van der Waals surface area contributed by atoms with E-state index in [1.54, 1.807) is 21.0 Å². The number of ketones is 1. The molecule has 0 aliphatic carbocycles. The van der Waals surface area contributed by atoms with Crippen LogP contribution in [-0.2, 0) is 19.1 Å². The van der Waals surface area contributed by atoms with E-state index in [2.05, 4.69) is 42.6 Å². The number of hydrogen-bond donors (Lipinski definition) is 0. The molecule has 0 spiro atoms. The molecule has 2 aliphatic rings. The van der Waals surface area contributed by atoms with Crippen LogP contribution in [0.3, 0.4) is 0 Å². The largest absolute Gasteiger partial charge is 0.463 e. The molecule has 0 aromatic heterocycles. The van der Waals surface area contributed by atoms with E-state index in [0.717, 1.165) is 45.7 Å². The Morgan fingerprint density at radius 1 is 1.03 bits per heavy atom. The lowest BCUT2D eigenvalue weighted by atomic mass is 9.76. The van der Waals surface area contributed by atoms with Crippen molar-refractivity contribution in [2.45, 2.75) is 59.1 Å². The number of hydrogen-bond acceptors (Lipinski definition) is 7. The average Bonchev–Trinajstić information content (AvgIpc) is 2.70. The first-order valence-electron chi connectivity index (χ1n) is 11.8. The molecule has 2 saturated heterocycles. The second-order valence-electron chi connectivity index (χ2n) is 10.9. The van der Waals surface area contributed by atoms with Gasteiger partial charge in [0.2, 0.25) is 0 Å².